The van der Waals surface area contributed by atoms with Gasteiger partial charge in [-0.1, -0.05) is 224 Å². The number of hydrogen-bond acceptors (Lipinski definition) is 5. The maximum absolute atomic E-state index is 12.4. The van der Waals surface area contributed by atoms with Gasteiger partial charge in [-0.2, -0.15) is 0 Å². The van der Waals surface area contributed by atoms with Gasteiger partial charge < -0.3 is 20.3 Å². The fourth-order valence-corrected chi connectivity index (χ4v) is 7.47. The van der Waals surface area contributed by atoms with Gasteiger partial charge in [-0.15, -0.1) is 0 Å². The molecular weight excluding hydrogens is 719 g/mol. The van der Waals surface area contributed by atoms with E-state index < -0.39 is 12.1 Å². The van der Waals surface area contributed by atoms with Crippen LogP contribution < -0.4 is 5.32 Å². The second kappa shape index (κ2) is 47.8. The summed E-state index contributed by atoms with van der Waals surface area (Å²) in [6, 6.07) is -0.632. The van der Waals surface area contributed by atoms with Gasteiger partial charge in [0.25, 0.3) is 0 Å². The van der Waals surface area contributed by atoms with Gasteiger partial charge in [0.15, 0.2) is 0 Å². The summed E-state index contributed by atoms with van der Waals surface area (Å²) < 4.78 is 5.45. The zero-order chi connectivity index (χ0) is 42.3. The van der Waals surface area contributed by atoms with Crippen molar-refractivity contribution in [2.75, 3.05) is 13.2 Å². The fourth-order valence-electron chi connectivity index (χ4n) is 7.47. The van der Waals surface area contributed by atoms with E-state index in [9.17, 15) is 19.8 Å². The van der Waals surface area contributed by atoms with Crippen LogP contribution in [0.4, 0.5) is 0 Å². The lowest BCUT2D eigenvalue weighted by molar-refractivity contribution is -0.143. The second-order valence-corrected chi connectivity index (χ2v) is 17.1. The smallest absolute Gasteiger partial charge is 0.305 e. The Bertz CT molecular complexity index is 946. The van der Waals surface area contributed by atoms with E-state index in [1.165, 1.54) is 173 Å². The Morgan fingerprint density at radius 1 is 0.483 bits per heavy atom. The van der Waals surface area contributed by atoms with Crippen LogP contribution in [0.5, 0.6) is 0 Å². The summed E-state index contributed by atoms with van der Waals surface area (Å²) in [5, 5.41) is 23.0. The molecule has 6 nitrogen and oxygen atoms in total. The summed E-state index contributed by atoms with van der Waals surface area (Å²) in [7, 11) is 0. The number of hydrogen-bond donors (Lipinski definition) is 3. The molecule has 58 heavy (non-hydrogen) atoms. The van der Waals surface area contributed by atoms with Crippen molar-refractivity contribution in [1.29, 1.82) is 0 Å². The summed E-state index contributed by atoms with van der Waals surface area (Å²) >= 11 is 0. The lowest BCUT2D eigenvalue weighted by Gasteiger charge is -2.20. The first kappa shape index (κ1) is 56.1. The van der Waals surface area contributed by atoms with E-state index in [0.717, 1.165) is 57.8 Å². The minimum absolute atomic E-state index is 0.0133. The molecule has 3 N–H and O–H groups in total. The number of amides is 1. The van der Waals surface area contributed by atoms with Gasteiger partial charge in [0.1, 0.15) is 0 Å². The summed E-state index contributed by atoms with van der Waals surface area (Å²) in [6.07, 6.45) is 57.1. The number of nitrogens with one attached hydrogen (secondary N) is 1. The maximum Gasteiger partial charge on any atom is 0.305 e. The van der Waals surface area contributed by atoms with Gasteiger partial charge in [-0.05, 0) is 57.8 Å². The van der Waals surface area contributed by atoms with E-state index in [-0.39, 0.29) is 18.5 Å². The minimum atomic E-state index is -0.848. The van der Waals surface area contributed by atoms with Crippen molar-refractivity contribution >= 4 is 11.9 Å². The highest BCUT2D eigenvalue weighted by molar-refractivity contribution is 5.76. The number of ether oxygens (including phenoxy) is 1. The Labute approximate surface area is 360 Å². The summed E-state index contributed by atoms with van der Waals surface area (Å²) in [5.41, 5.74) is 0. The van der Waals surface area contributed by atoms with Gasteiger partial charge in [0.05, 0.1) is 25.4 Å². The number of carbonyl (C=O) groups is 2. The van der Waals surface area contributed by atoms with Crippen molar-refractivity contribution in [3.8, 4) is 0 Å². The lowest BCUT2D eigenvalue weighted by Crippen LogP contribution is -2.45. The number of carbonyl (C=O) groups excluding carboxylic acids is 2. The molecule has 0 rings (SSSR count). The van der Waals surface area contributed by atoms with Crippen LogP contribution in [0.25, 0.3) is 0 Å². The molecule has 1 amide bonds. The van der Waals surface area contributed by atoms with Crippen LogP contribution in [0.15, 0.2) is 36.5 Å². The Kier molecular flexibility index (Phi) is 46.2. The minimum Gasteiger partial charge on any atom is -0.466 e. The third-order valence-electron chi connectivity index (χ3n) is 11.4. The van der Waals surface area contributed by atoms with Crippen molar-refractivity contribution in [1.82, 2.24) is 5.32 Å². The number of aliphatic hydroxyl groups is 2. The van der Waals surface area contributed by atoms with Crippen molar-refractivity contribution < 1.29 is 24.5 Å². The SMILES string of the molecule is CCCC/C=C\C/C=C\CCCCCCCC(=O)OCCCCCCCCCCCCCCCCCCC(=O)NC(CO)C(O)/C=C/CCCCCCCCCCC. The highest BCUT2D eigenvalue weighted by Gasteiger charge is 2.18. The van der Waals surface area contributed by atoms with Gasteiger partial charge in [0.2, 0.25) is 5.91 Å². The molecule has 0 aromatic rings. The molecular formula is C52H97NO5. The molecule has 0 radical (unpaired) electrons. The molecule has 0 aliphatic heterocycles. The number of esters is 1. The molecule has 0 spiro atoms. The number of rotatable bonds is 46. The van der Waals surface area contributed by atoms with E-state index in [4.69, 9.17) is 4.74 Å². The third kappa shape index (κ3) is 43.7. The highest BCUT2D eigenvalue weighted by atomic mass is 16.5. The number of unbranched alkanes of at least 4 members (excludes halogenated alkanes) is 31. The predicted octanol–water partition coefficient (Wildman–Crippen LogP) is 14.9. The molecule has 0 fully saturated rings. The zero-order valence-electron chi connectivity index (χ0n) is 38.5. The van der Waals surface area contributed by atoms with Crippen LogP contribution in [0.2, 0.25) is 0 Å². The van der Waals surface area contributed by atoms with Crippen LogP contribution in [0.1, 0.15) is 258 Å². The predicted molar refractivity (Wildman–Crippen MR) is 250 cm³/mol. The normalized spacial score (nSPS) is 13.0. The molecule has 2 unspecified atom stereocenters. The molecule has 0 aromatic heterocycles. The average Bonchev–Trinajstić information content (AvgIpc) is 3.22. The Morgan fingerprint density at radius 3 is 1.36 bits per heavy atom. The highest BCUT2D eigenvalue weighted by Crippen LogP contribution is 2.15. The van der Waals surface area contributed by atoms with Crippen LogP contribution in [0, 0.1) is 0 Å². The molecule has 340 valence electrons. The monoisotopic (exact) mass is 816 g/mol. The van der Waals surface area contributed by atoms with Gasteiger partial charge in [0, 0.05) is 12.8 Å². The van der Waals surface area contributed by atoms with E-state index in [2.05, 4.69) is 43.5 Å². The molecule has 0 saturated heterocycles. The van der Waals surface area contributed by atoms with Crippen molar-refractivity contribution in [3.63, 3.8) is 0 Å². The molecule has 0 aliphatic rings. The Balaban J connectivity index is 3.45. The first-order valence-corrected chi connectivity index (χ1v) is 25.3. The van der Waals surface area contributed by atoms with Crippen molar-refractivity contribution in [2.45, 2.75) is 270 Å². The molecule has 0 aliphatic carbocycles. The van der Waals surface area contributed by atoms with Crippen molar-refractivity contribution in [3.05, 3.63) is 36.5 Å². The second-order valence-electron chi connectivity index (χ2n) is 17.1. The van der Waals surface area contributed by atoms with Crippen LogP contribution in [-0.4, -0.2) is 47.4 Å². The zero-order valence-corrected chi connectivity index (χ0v) is 38.5. The van der Waals surface area contributed by atoms with Crippen molar-refractivity contribution in [2.24, 2.45) is 0 Å². The van der Waals surface area contributed by atoms with Gasteiger partial charge >= 0.3 is 5.97 Å². The molecule has 0 heterocycles. The topological polar surface area (TPSA) is 95.9 Å². The summed E-state index contributed by atoms with van der Waals surface area (Å²) in [4.78, 5) is 24.4. The molecule has 0 saturated carbocycles. The van der Waals surface area contributed by atoms with Gasteiger partial charge in [-0.25, -0.2) is 0 Å². The molecule has 0 bridgehead atoms. The summed E-state index contributed by atoms with van der Waals surface area (Å²) in [5.74, 6) is -0.0908. The largest absolute Gasteiger partial charge is 0.466 e. The van der Waals surface area contributed by atoms with Crippen LogP contribution in [0.3, 0.4) is 0 Å². The average molecular weight is 816 g/mol. The van der Waals surface area contributed by atoms with Crippen LogP contribution in [-0.2, 0) is 14.3 Å². The number of allylic oxidation sites excluding steroid dienone is 5. The van der Waals surface area contributed by atoms with E-state index in [0.29, 0.717) is 19.4 Å². The molecule has 0 aromatic carbocycles. The molecule has 6 heteroatoms. The first-order chi connectivity index (χ1) is 28.5. The van der Waals surface area contributed by atoms with E-state index in [1.807, 2.05) is 6.08 Å². The third-order valence-corrected chi connectivity index (χ3v) is 11.4. The molecule has 2 atom stereocenters. The van der Waals surface area contributed by atoms with E-state index in [1.54, 1.807) is 6.08 Å². The standard InChI is InChI=1S/C52H97NO5/c1-3-5-7-9-11-13-15-16-22-26-30-34-38-42-46-52(57)58-47-43-39-35-31-27-23-20-18-17-19-21-25-29-33-37-41-45-51(56)53-49(48-54)50(55)44-40-36-32-28-24-14-12-10-8-6-4-2/h9,11,15-16,40,44,49-50,54-55H,3-8,10,12-14,17-39,41-43,45-48H2,1-2H3,(H,53,56)/b11-9-,16-15-,44-40+. The lowest BCUT2D eigenvalue weighted by atomic mass is 10.0. The fraction of sp³-hybridized carbons (Fsp3) is 0.846. The van der Waals surface area contributed by atoms with Crippen LogP contribution >= 0.6 is 0 Å². The Hall–Kier alpha value is -1.92. The number of aliphatic hydroxyl groups excluding tert-OH is 2. The maximum atomic E-state index is 12.4. The van der Waals surface area contributed by atoms with E-state index >= 15 is 0 Å². The Morgan fingerprint density at radius 2 is 0.879 bits per heavy atom. The quantitative estimate of drug-likeness (QED) is 0.0323. The first-order valence-electron chi connectivity index (χ1n) is 25.3. The summed E-state index contributed by atoms with van der Waals surface area (Å²) in [6.45, 7) is 4.82. The van der Waals surface area contributed by atoms with Gasteiger partial charge in [-0.3, -0.25) is 9.59 Å².